The summed E-state index contributed by atoms with van der Waals surface area (Å²) >= 11 is 0. The summed E-state index contributed by atoms with van der Waals surface area (Å²) in [7, 11) is 0. The highest BCUT2D eigenvalue weighted by Crippen LogP contribution is 2.21. The lowest BCUT2D eigenvalue weighted by atomic mass is 10.0. The smallest absolute Gasteiger partial charge is 0.323 e. The molecule has 0 bridgehead atoms. The van der Waals surface area contributed by atoms with E-state index < -0.39 is 12.5 Å². The van der Waals surface area contributed by atoms with Gasteiger partial charge in [0.15, 0.2) is 0 Å². The Morgan fingerprint density at radius 1 is 1.04 bits per heavy atom. The predicted molar refractivity (Wildman–Crippen MR) is 107 cm³/mol. The van der Waals surface area contributed by atoms with Crippen molar-refractivity contribution in [3.8, 4) is 0 Å². The van der Waals surface area contributed by atoms with Crippen LogP contribution in [0.2, 0.25) is 0 Å². The van der Waals surface area contributed by atoms with Crippen molar-refractivity contribution in [3.05, 3.63) is 71.8 Å². The molecular weight excluding hydrogens is 354 g/mol. The molecule has 1 fully saturated rings. The van der Waals surface area contributed by atoms with Crippen LogP contribution in [-0.2, 0) is 27.3 Å². The molecule has 0 radical (unpaired) electrons. The third kappa shape index (κ3) is 6.16. The number of aryl methyl sites for hydroxylation is 1. The molecule has 1 aliphatic rings. The molecule has 0 amide bonds. The van der Waals surface area contributed by atoms with E-state index in [1.807, 2.05) is 48.5 Å². The quantitative estimate of drug-likeness (QED) is 0.408. The second-order valence-electron chi connectivity index (χ2n) is 7.13. The molecule has 28 heavy (non-hydrogen) atoms. The van der Waals surface area contributed by atoms with Gasteiger partial charge in [0.05, 0.1) is 13.2 Å². The molecule has 1 N–H and O–H groups in total. The molecule has 1 aliphatic heterocycles. The topological polar surface area (TPSA) is 59.0 Å². The third-order valence-corrected chi connectivity index (χ3v) is 5.04. The van der Waals surface area contributed by atoms with Gasteiger partial charge in [-0.2, -0.15) is 0 Å². The maximum Gasteiger partial charge on any atom is 0.323 e. The van der Waals surface area contributed by atoms with Gasteiger partial charge in [0, 0.05) is 6.54 Å². The van der Waals surface area contributed by atoms with Gasteiger partial charge in [0.25, 0.3) is 0 Å². The molecule has 5 nitrogen and oxygen atoms in total. The van der Waals surface area contributed by atoms with Crippen molar-refractivity contribution < 1.29 is 19.4 Å². The molecule has 5 heteroatoms. The Kier molecular flexibility index (Phi) is 8.03. The van der Waals surface area contributed by atoms with E-state index in [1.54, 1.807) is 4.90 Å². The third-order valence-electron chi connectivity index (χ3n) is 5.04. The van der Waals surface area contributed by atoms with Crippen LogP contribution in [0, 0.1) is 0 Å². The molecule has 3 rings (SSSR count). The fraction of sp³-hybridized carbons (Fsp3) is 0.435. The Bertz CT molecular complexity index is 707. The number of benzene rings is 2. The number of nitrogens with zero attached hydrogens (tertiary/aromatic N) is 1. The number of hydrogen-bond acceptors (Lipinski definition) is 5. The van der Waals surface area contributed by atoms with E-state index in [2.05, 4.69) is 12.1 Å². The number of esters is 1. The summed E-state index contributed by atoms with van der Waals surface area (Å²) in [6.45, 7) is 1.32. The maximum absolute atomic E-state index is 12.6. The molecule has 1 unspecified atom stereocenters. The molecule has 2 aromatic rings. The van der Waals surface area contributed by atoms with E-state index >= 15 is 0 Å². The zero-order valence-corrected chi connectivity index (χ0v) is 16.2. The molecule has 0 aromatic heterocycles. The van der Waals surface area contributed by atoms with Crippen molar-refractivity contribution in [2.24, 2.45) is 0 Å². The zero-order valence-electron chi connectivity index (χ0n) is 16.2. The fourth-order valence-corrected chi connectivity index (χ4v) is 3.50. The van der Waals surface area contributed by atoms with Crippen LogP contribution in [0.15, 0.2) is 60.7 Å². The van der Waals surface area contributed by atoms with Crippen LogP contribution in [0.1, 0.15) is 36.8 Å². The Morgan fingerprint density at radius 2 is 1.71 bits per heavy atom. The summed E-state index contributed by atoms with van der Waals surface area (Å²) in [5, 5.41) is 10.5. The van der Waals surface area contributed by atoms with Crippen LogP contribution in [-0.4, -0.2) is 41.6 Å². The minimum Gasteiger partial charge on any atom is -0.465 e. The molecule has 1 saturated heterocycles. The van der Waals surface area contributed by atoms with Gasteiger partial charge in [-0.3, -0.25) is 4.79 Å². The van der Waals surface area contributed by atoms with Crippen LogP contribution >= 0.6 is 0 Å². The number of piperidine rings is 1. The molecule has 0 saturated carbocycles. The lowest BCUT2D eigenvalue weighted by Crippen LogP contribution is -2.51. The van der Waals surface area contributed by atoms with Crippen LogP contribution in [0.25, 0.3) is 0 Å². The van der Waals surface area contributed by atoms with Gasteiger partial charge >= 0.3 is 5.97 Å². The first kappa shape index (κ1) is 20.5. The van der Waals surface area contributed by atoms with E-state index in [9.17, 15) is 9.90 Å². The van der Waals surface area contributed by atoms with Gasteiger partial charge in [-0.05, 0) is 36.8 Å². The normalized spacial score (nSPS) is 18.5. The van der Waals surface area contributed by atoms with E-state index in [4.69, 9.17) is 9.47 Å². The van der Waals surface area contributed by atoms with Crippen molar-refractivity contribution in [1.82, 2.24) is 4.90 Å². The Labute approximate surface area is 166 Å². The maximum atomic E-state index is 12.6. The summed E-state index contributed by atoms with van der Waals surface area (Å²) in [6.07, 6.45) is 3.13. The first-order valence-electron chi connectivity index (χ1n) is 10.0. The first-order chi connectivity index (χ1) is 13.7. The number of carbonyl (C=O) groups is 1. The molecule has 0 spiro atoms. The molecule has 2 atom stereocenters. The summed E-state index contributed by atoms with van der Waals surface area (Å²) in [6, 6.07) is 19.4. The van der Waals surface area contributed by atoms with Gasteiger partial charge in [-0.15, -0.1) is 0 Å². The van der Waals surface area contributed by atoms with Crippen molar-refractivity contribution in [2.75, 3.05) is 13.2 Å². The second-order valence-corrected chi connectivity index (χ2v) is 7.13. The van der Waals surface area contributed by atoms with E-state index in [-0.39, 0.29) is 5.97 Å². The lowest BCUT2D eigenvalue weighted by Gasteiger charge is -2.36. The number of ether oxygens (including phenoxy) is 2. The first-order valence-corrected chi connectivity index (χ1v) is 10.0. The number of aliphatic hydroxyl groups excluding tert-OH is 1. The number of likely N-dealkylation sites (tertiary alicyclic amines) is 1. The zero-order chi connectivity index (χ0) is 19.6. The van der Waals surface area contributed by atoms with Crippen LogP contribution < -0.4 is 0 Å². The second kappa shape index (κ2) is 11.0. The van der Waals surface area contributed by atoms with Crippen LogP contribution in [0.5, 0.6) is 0 Å². The SMILES string of the molecule is O=C(OCCCc1ccccc1)[C@@H]1CCCCN1C(O)OCc1ccccc1. The Hall–Kier alpha value is -2.21. The molecule has 150 valence electrons. The van der Waals surface area contributed by atoms with E-state index in [1.165, 1.54) is 5.56 Å². The highest BCUT2D eigenvalue weighted by molar-refractivity contribution is 5.75. The summed E-state index contributed by atoms with van der Waals surface area (Å²) < 4.78 is 11.1. The predicted octanol–water partition coefficient (Wildman–Crippen LogP) is 3.51. The van der Waals surface area contributed by atoms with Gasteiger partial charge in [-0.1, -0.05) is 67.1 Å². The number of carbonyl (C=O) groups excluding carboxylic acids is 1. The minimum atomic E-state index is -1.11. The van der Waals surface area contributed by atoms with E-state index in [0.29, 0.717) is 26.2 Å². The number of hydrogen-bond donors (Lipinski definition) is 1. The van der Waals surface area contributed by atoms with E-state index in [0.717, 1.165) is 31.2 Å². The minimum absolute atomic E-state index is 0.268. The van der Waals surface area contributed by atoms with Crippen molar-refractivity contribution in [1.29, 1.82) is 0 Å². The van der Waals surface area contributed by atoms with Crippen LogP contribution in [0.3, 0.4) is 0 Å². The van der Waals surface area contributed by atoms with Crippen molar-refractivity contribution in [3.63, 3.8) is 0 Å². The van der Waals surface area contributed by atoms with Crippen molar-refractivity contribution in [2.45, 2.75) is 51.2 Å². The molecular formula is C23H29NO4. The summed E-state index contributed by atoms with van der Waals surface area (Å²) in [5.74, 6) is -0.268. The highest BCUT2D eigenvalue weighted by Gasteiger charge is 2.34. The molecule has 2 aromatic carbocycles. The average molecular weight is 383 g/mol. The highest BCUT2D eigenvalue weighted by atomic mass is 16.6. The summed E-state index contributed by atoms with van der Waals surface area (Å²) in [4.78, 5) is 14.3. The van der Waals surface area contributed by atoms with Gasteiger partial charge < -0.3 is 14.6 Å². The number of rotatable bonds is 9. The Balaban J connectivity index is 1.45. The monoisotopic (exact) mass is 383 g/mol. The largest absolute Gasteiger partial charge is 0.465 e. The molecule has 0 aliphatic carbocycles. The summed E-state index contributed by atoms with van der Waals surface area (Å²) in [5.41, 5.74) is 2.22. The average Bonchev–Trinajstić information content (AvgIpc) is 2.76. The van der Waals surface area contributed by atoms with Crippen molar-refractivity contribution >= 4 is 5.97 Å². The Morgan fingerprint density at radius 3 is 2.43 bits per heavy atom. The number of aliphatic hydroxyl groups is 1. The standard InChI is InChI=1S/C23H29NO4/c25-22(27-17-9-14-19-10-3-1-4-11-19)21-15-7-8-16-24(21)23(26)28-18-20-12-5-2-6-13-20/h1-6,10-13,21,23,26H,7-9,14-18H2/t21-,23?/m0/s1. The lowest BCUT2D eigenvalue weighted by molar-refractivity contribution is -0.222. The fourth-order valence-electron chi connectivity index (χ4n) is 3.50. The van der Waals surface area contributed by atoms with Crippen LogP contribution in [0.4, 0.5) is 0 Å². The molecule has 1 heterocycles. The van der Waals surface area contributed by atoms with Gasteiger partial charge in [0.2, 0.25) is 6.41 Å². The van der Waals surface area contributed by atoms with Gasteiger partial charge in [-0.25, -0.2) is 4.90 Å². The van der Waals surface area contributed by atoms with Gasteiger partial charge in [0.1, 0.15) is 6.04 Å².